The molecule has 8 atom stereocenters. The van der Waals surface area contributed by atoms with E-state index in [0.29, 0.717) is 19.6 Å². The van der Waals surface area contributed by atoms with Crippen molar-refractivity contribution in [3.63, 3.8) is 0 Å². The van der Waals surface area contributed by atoms with E-state index in [4.69, 9.17) is 0 Å². The second kappa shape index (κ2) is 12.4. The van der Waals surface area contributed by atoms with Crippen LogP contribution >= 0.6 is 11.8 Å². The number of amides is 3. The van der Waals surface area contributed by atoms with Crippen molar-refractivity contribution in [2.24, 2.45) is 23.7 Å². The molecule has 0 radical (unpaired) electrons. The van der Waals surface area contributed by atoms with E-state index in [0.717, 1.165) is 32.1 Å². The Bertz CT molecular complexity index is 881. The second-order valence-corrected chi connectivity index (χ2v) is 12.8. The number of likely N-dealkylation sites (tertiary alicyclic amines) is 1. The monoisotopic (exact) mass is 533 g/mol. The van der Waals surface area contributed by atoms with Gasteiger partial charge in [-0.1, -0.05) is 59.1 Å². The molecule has 1 spiro atoms. The molecule has 0 aromatic heterocycles. The molecule has 3 heterocycles. The third-order valence-electron chi connectivity index (χ3n) is 9.02. The Balaban J connectivity index is 2.12. The van der Waals surface area contributed by atoms with Gasteiger partial charge in [0.2, 0.25) is 17.7 Å². The molecule has 3 rings (SSSR count). The highest BCUT2D eigenvalue weighted by molar-refractivity contribution is 8.02. The van der Waals surface area contributed by atoms with Crippen molar-refractivity contribution in [3.8, 4) is 0 Å². The molecular weight excluding hydrogens is 486 g/mol. The fraction of sp³-hybridized carbons (Fsp3) is 0.759. The summed E-state index contributed by atoms with van der Waals surface area (Å²) in [5.41, 5.74) is 0. The van der Waals surface area contributed by atoms with Gasteiger partial charge in [-0.15, -0.1) is 24.9 Å². The number of carbonyl (C=O) groups excluding carboxylic acids is 3. The lowest BCUT2D eigenvalue weighted by Crippen LogP contribution is -2.60. The Morgan fingerprint density at radius 2 is 1.89 bits per heavy atom. The average molecular weight is 534 g/mol. The summed E-state index contributed by atoms with van der Waals surface area (Å²) >= 11 is 1.69. The van der Waals surface area contributed by atoms with E-state index in [1.165, 1.54) is 0 Å². The minimum Gasteiger partial charge on any atom is -0.394 e. The molecule has 208 valence electrons. The van der Waals surface area contributed by atoms with E-state index in [9.17, 15) is 19.5 Å². The van der Waals surface area contributed by atoms with Gasteiger partial charge in [-0.05, 0) is 24.7 Å². The van der Waals surface area contributed by atoms with Gasteiger partial charge in [-0.25, -0.2) is 0 Å². The Morgan fingerprint density at radius 3 is 2.46 bits per heavy atom. The zero-order valence-corrected chi connectivity index (χ0v) is 24.2. The molecule has 2 bridgehead atoms. The van der Waals surface area contributed by atoms with E-state index in [1.807, 2.05) is 18.7 Å². The Labute approximate surface area is 227 Å². The lowest BCUT2D eigenvalue weighted by atomic mass is 9.65. The van der Waals surface area contributed by atoms with Gasteiger partial charge in [0.1, 0.15) is 6.04 Å². The number of thioether (sulfide) groups is 1. The molecule has 8 heteroatoms. The summed E-state index contributed by atoms with van der Waals surface area (Å²) in [5.74, 6) is -1.18. The van der Waals surface area contributed by atoms with Crippen LogP contribution in [0.1, 0.15) is 59.8 Å². The molecule has 7 nitrogen and oxygen atoms in total. The fourth-order valence-corrected chi connectivity index (χ4v) is 9.30. The predicted octanol–water partition coefficient (Wildman–Crippen LogP) is 3.58. The zero-order chi connectivity index (χ0) is 27.5. The Morgan fingerprint density at radius 1 is 1.22 bits per heavy atom. The van der Waals surface area contributed by atoms with Gasteiger partial charge in [0.25, 0.3) is 0 Å². The zero-order valence-electron chi connectivity index (χ0n) is 23.4. The van der Waals surface area contributed by atoms with Crippen LogP contribution in [0.4, 0.5) is 0 Å². The first-order valence-corrected chi connectivity index (χ1v) is 14.9. The maximum Gasteiger partial charge on any atom is 0.247 e. The third-order valence-corrected chi connectivity index (χ3v) is 11.1. The first kappa shape index (κ1) is 29.8. The highest BCUT2D eigenvalue weighted by atomic mass is 32.2. The minimum absolute atomic E-state index is 0.00489. The molecule has 0 saturated carbocycles. The average Bonchev–Trinajstić information content (AvgIpc) is 3.47. The molecule has 37 heavy (non-hydrogen) atoms. The number of hydrogen-bond acceptors (Lipinski definition) is 5. The molecule has 0 aromatic carbocycles. The van der Waals surface area contributed by atoms with Gasteiger partial charge < -0.3 is 19.8 Å². The number of hydrogen-bond donors (Lipinski definition) is 1. The van der Waals surface area contributed by atoms with Crippen molar-refractivity contribution in [2.45, 2.75) is 81.9 Å². The predicted molar refractivity (Wildman–Crippen MR) is 150 cm³/mol. The van der Waals surface area contributed by atoms with Crippen LogP contribution in [0, 0.1) is 23.7 Å². The first-order chi connectivity index (χ1) is 17.7. The summed E-state index contributed by atoms with van der Waals surface area (Å²) in [7, 11) is 1.76. The van der Waals surface area contributed by atoms with Crippen LogP contribution in [0.25, 0.3) is 0 Å². The van der Waals surface area contributed by atoms with Crippen LogP contribution in [0.3, 0.4) is 0 Å². The summed E-state index contributed by atoms with van der Waals surface area (Å²) in [6.45, 7) is 17.2. The van der Waals surface area contributed by atoms with E-state index >= 15 is 0 Å². The van der Waals surface area contributed by atoms with Gasteiger partial charge >= 0.3 is 0 Å². The number of aliphatic hydroxyl groups is 1. The normalized spacial score (nSPS) is 31.7. The topological polar surface area (TPSA) is 81.2 Å². The van der Waals surface area contributed by atoms with Crippen LogP contribution in [-0.4, -0.2) is 92.9 Å². The fourth-order valence-electron chi connectivity index (χ4n) is 6.90. The highest BCUT2D eigenvalue weighted by Gasteiger charge is 2.77. The summed E-state index contributed by atoms with van der Waals surface area (Å²) < 4.78 is -0.681. The van der Waals surface area contributed by atoms with Crippen LogP contribution in [0.5, 0.6) is 0 Å². The third kappa shape index (κ3) is 5.00. The standard InChI is InChI=1S/C29H47N3O4S/c1-8-12-13-16-31(15-10-3)28(36)25-29-20(6)17-22(37-29)23(26(34)30(7)14-9-2)24(29)27(35)32(25)21(18-33)19(5)11-4/h9-10,19-25,33H,2-3,8,11-18H2,1,4-7H3/t19-,20?,21-,22+,23-,24-,25?,29?/m0/s1. The van der Waals surface area contributed by atoms with Gasteiger partial charge in [-0.3, -0.25) is 14.4 Å². The van der Waals surface area contributed by atoms with Crippen molar-refractivity contribution in [2.75, 3.05) is 33.3 Å². The van der Waals surface area contributed by atoms with E-state index in [-0.39, 0.29) is 41.4 Å². The molecular formula is C29H47N3O4S. The highest BCUT2D eigenvalue weighted by Crippen LogP contribution is 2.69. The number of fused-ring (bicyclic) bond motifs is 1. The molecule has 0 aromatic rings. The van der Waals surface area contributed by atoms with Crippen molar-refractivity contribution < 1.29 is 19.5 Å². The molecule has 3 aliphatic heterocycles. The van der Waals surface area contributed by atoms with E-state index in [1.54, 1.807) is 40.8 Å². The van der Waals surface area contributed by atoms with Gasteiger partial charge in [0.15, 0.2) is 0 Å². The van der Waals surface area contributed by atoms with Crippen LogP contribution in [-0.2, 0) is 14.4 Å². The van der Waals surface area contributed by atoms with Crippen LogP contribution < -0.4 is 0 Å². The SMILES string of the molecule is C=CCN(C)C(=O)[C@@H]1[C@H]2C(=O)N([C@@H](CO)[C@@H](C)CC)C(C(=O)N(CC=C)CCCCC)C23S[C@@H]1CC3C. The van der Waals surface area contributed by atoms with Crippen molar-refractivity contribution in [3.05, 3.63) is 25.3 Å². The molecule has 3 fully saturated rings. The van der Waals surface area contributed by atoms with Crippen LogP contribution in [0.2, 0.25) is 0 Å². The Hall–Kier alpha value is -1.80. The van der Waals surface area contributed by atoms with Crippen LogP contribution in [0.15, 0.2) is 25.3 Å². The lowest BCUT2D eigenvalue weighted by molar-refractivity contribution is -0.147. The molecule has 3 saturated heterocycles. The largest absolute Gasteiger partial charge is 0.394 e. The minimum atomic E-state index is -0.703. The van der Waals surface area contributed by atoms with Gasteiger partial charge in [-0.2, -0.15) is 0 Å². The van der Waals surface area contributed by atoms with E-state index in [2.05, 4.69) is 27.0 Å². The number of rotatable bonds is 14. The number of nitrogens with zero attached hydrogens (tertiary/aromatic N) is 3. The van der Waals surface area contributed by atoms with Gasteiger partial charge in [0.05, 0.1) is 29.2 Å². The first-order valence-electron chi connectivity index (χ1n) is 14.0. The quantitative estimate of drug-likeness (QED) is 0.273. The van der Waals surface area contributed by atoms with E-state index < -0.39 is 28.7 Å². The van der Waals surface area contributed by atoms with Crippen molar-refractivity contribution >= 4 is 29.5 Å². The summed E-state index contributed by atoms with van der Waals surface area (Å²) in [6.07, 6.45) is 7.98. The summed E-state index contributed by atoms with van der Waals surface area (Å²) in [4.78, 5) is 47.8. The second-order valence-electron chi connectivity index (χ2n) is 11.2. The summed E-state index contributed by atoms with van der Waals surface area (Å²) in [5, 5.41) is 10.5. The number of unbranched alkanes of at least 4 members (excludes halogenated alkanes) is 2. The maximum atomic E-state index is 14.5. The molecule has 3 aliphatic rings. The number of aliphatic hydroxyl groups excluding tert-OH is 1. The van der Waals surface area contributed by atoms with Gasteiger partial charge in [0, 0.05) is 31.9 Å². The van der Waals surface area contributed by atoms with Crippen molar-refractivity contribution in [1.82, 2.24) is 14.7 Å². The number of likely N-dealkylation sites (N-methyl/N-ethyl adjacent to an activating group) is 1. The molecule has 1 N–H and O–H groups in total. The smallest absolute Gasteiger partial charge is 0.247 e. The number of carbonyl (C=O) groups is 3. The molecule has 3 amide bonds. The Kier molecular flexibility index (Phi) is 9.95. The molecule has 3 unspecified atom stereocenters. The maximum absolute atomic E-state index is 14.5. The summed E-state index contributed by atoms with van der Waals surface area (Å²) in [6, 6.07) is -1.17. The van der Waals surface area contributed by atoms with Crippen molar-refractivity contribution in [1.29, 1.82) is 0 Å². The lowest BCUT2D eigenvalue weighted by Gasteiger charge is -2.43. The molecule has 0 aliphatic carbocycles.